The van der Waals surface area contributed by atoms with Gasteiger partial charge in [-0.1, -0.05) is 36.0 Å². The summed E-state index contributed by atoms with van der Waals surface area (Å²) in [6.45, 7) is 4.86. The fourth-order valence-electron chi connectivity index (χ4n) is 2.28. The SMILES string of the molecule is COc1cccc(C(N)=S)c1OCCOc1ccc(C)cc1C. The fraction of sp³-hybridized carbons (Fsp3) is 0.278. The summed E-state index contributed by atoms with van der Waals surface area (Å²) in [5.41, 5.74) is 8.70. The van der Waals surface area contributed by atoms with Crippen molar-refractivity contribution in [3.8, 4) is 17.2 Å². The average Bonchev–Trinajstić information content (AvgIpc) is 2.52. The molecule has 23 heavy (non-hydrogen) atoms. The van der Waals surface area contributed by atoms with Crippen LogP contribution in [-0.4, -0.2) is 25.3 Å². The highest BCUT2D eigenvalue weighted by molar-refractivity contribution is 7.80. The molecule has 0 fully saturated rings. The molecule has 2 rings (SSSR count). The van der Waals surface area contributed by atoms with Gasteiger partial charge >= 0.3 is 0 Å². The molecule has 0 heterocycles. The lowest BCUT2D eigenvalue weighted by atomic mass is 10.1. The minimum atomic E-state index is 0.272. The van der Waals surface area contributed by atoms with Crippen molar-refractivity contribution in [1.29, 1.82) is 0 Å². The Labute approximate surface area is 142 Å². The second-order valence-electron chi connectivity index (χ2n) is 5.17. The summed E-state index contributed by atoms with van der Waals surface area (Å²) in [5.74, 6) is 2.00. The van der Waals surface area contributed by atoms with E-state index in [1.807, 2.05) is 37.3 Å². The van der Waals surface area contributed by atoms with Crippen LogP contribution in [-0.2, 0) is 0 Å². The lowest BCUT2D eigenvalue weighted by Crippen LogP contribution is -2.15. The van der Waals surface area contributed by atoms with Gasteiger partial charge in [-0.25, -0.2) is 0 Å². The van der Waals surface area contributed by atoms with Gasteiger partial charge in [-0.3, -0.25) is 0 Å². The molecule has 0 aliphatic rings. The van der Waals surface area contributed by atoms with Gasteiger partial charge in [0.1, 0.15) is 24.0 Å². The summed E-state index contributed by atoms with van der Waals surface area (Å²) in [5, 5.41) is 0. The molecule has 0 bridgehead atoms. The summed E-state index contributed by atoms with van der Waals surface area (Å²) in [4.78, 5) is 0.272. The largest absolute Gasteiger partial charge is 0.493 e. The smallest absolute Gasteiger partial charge is 0.171 e. The molecule has 0 unspecified atom stereocenters. The molecule has 5 heteroatoms. The molecule has 122 valence electrons. The normalized spacial score (nSPS) is 10.2. The molecular weight excluding hydrogens is 310 g/mol. The van der Waals surface area contributed by atoms with Crippen LogP contribution in [0.1, 0.15) is 16.7 Å². The van der Waals surface area contributed by atoms with Crippen molar-refractivity contribution in [2.75, 3.05) is 20.3 Å². The Kier molecular flexibility index (Phi) is 5.82. The Bertz CT molecular complexity index is 701. The van der Waals surface area contributed by atoms with Crippen molar-refractivity contribution in [2.45, 2.75) is 13.8 Å². The van der Waals surface area contributed by atoms with Crippen molar-refractivity contribution < 1.29 is 14.2 Å². The Morgan fingerprint density at radius 2 is 1.78 bits per heavy atom. The van der Waals surface area contributed by atoms with Gasteiger partial charge in [0.15, 0.2) is 11.5 Å². The van der Waals surface area contributed by atoms with Crippen LogP contribution < -0.4 is 19.9 Å². The number of methoxy groups -OCH3 is 1. The predicted octanol–water partition coefficient (Wildman–Crippen LogP) is 3.40. The molecule has 0 radical (unpaired) electrons. The van der Waals surface area contributed by atoms with Gasteiger partial charge in [0, 0.05) is 0 Å². The zero-order valence-corrected chi connectivity index (χ0v) is 14.4. The number of nitrogens with two attached hydrogens (primary N) is 1. The monoisotopic (exact) mass is 331 g/mol. The summed E-state index contributed by atoms with van der Waals surface area (Å²) in [6, 6.07) is 11.5. The molecule has 0 aromatic heterocycles. The predicted molar refractivity (Wildman–Crippen MR) is 95.8 cm³/mol. The number of para-hydroxylation sites is 1. The second kappa shape index (κ2) is 7.83. The fourth-order valence-corrected chi connectivity index (χ4v) is 2.44. The molecular formula is C18H21NO3S. The Hall–Kier alpha value is -2.27. The maximum absolute atomic E-state index is 5.79. The minimum Gasteiger partial charge on any atom is -0.493 e. The van der Waals surface area contributed by atoms with Crippen LogP contribution in [0.5, 0.6) is 17.2 Å². The van der Waals surface area contributed by atoms with Crippen LogP contribution >= 0.6 is 12.2 Å². The van der Waals surface area contributed by atoms with Crippen molar-refractivity contribution in [3.05, 3.63) is 53.1 Å². The first-order valence-corrected chi connectivity index (χ1v) is 7.73. The van der Waals surface area contributed by atoms with E-state index in [9.17, 15) is 0 Å². The summed E-state index contributed by atoms with van der Waals surface area (Å²) in [6.07, 6.45) is 0. The maximum atomic E-state index is 5.79. The second-order valence-corrected chi connectivity index (χ2v) is 5.61. The van der Waals surface area contributed by atoms with Gasteiger partial charge in [0.05, 0.1) is 12.7 Å². The van der Waals surface area contributed by atoms with E-state index in [-0.39, 0.29) is 4.99 Å². The topological polar surface area (TPSA) is 53.7 Å². The third-order valence-electron chi connectivity index (χ3n) is 3.38. The molecule has 0 aliphatic heterocycles. The molecule has 0 spiro atoms. The van der Waals surface area contributed by atoms with Crippen LogP contribution in [0.25, 0.3) is 0 Å². The molecule has 0 saturated heterocycles. The van der Waals surface area contributed by atoms with Crippen molar-refractivity contribution in [3.63, 3.8) is 0 Å². The van der Waals surface area contributed by atoms with Gasteiger partial charge in [-0.15, -0.1) is 0 Å². The molecule has 2 aromatic rings. The first kappa shape index (κ1) is 17.1. The van der Waals surface area contributed by atoms with Crippen molar-refractivity contribution in [1.82, 2.24) is 0 Å². The number of aryl methyl sites for hydroxylation is 2. The number of rotatable bonds is 7. The van der Waals surface area contributed by atoms with E-state index >= 15 is 0 Å². The first-order valence-electron chi connectivity index (χ1n) is 7.32. The van der Waals surface area contributed by atoms with Gasteiger partial charge in [0.2, 0.25) is 0 Å². The standard InChI is InChI=1S/C18H21NO3S/c1-12-7-8-15(13(2)11-12)21-9-10-22-17-14(18(19)23)5-4-6-16(17)20-3/h4-8,11H,9-10H2,1-3H3,(H2,19,23). The van der Waals surface area contributed by atoms with Crippen molar-refractivity contribution in [2.24, 2.45) is 5.73 Å². The first-order chi connectivity index (χ1) is 11.0. The number of hydrogen-bond acceptors (Lipinski definition) is 4. The number of hydrogen-bond donors (Lipinski definition) is 1. The van der Waals surface area contributed by atoms with E-state index in [0.717, 1.165) is 11.3 Å². The minimum absolute atomic E-state index is 0.272. The Morgan fingerprint density at radius 3 is 2.43 bits per heavy atom. The van der Waals surface area contributed by atoms with Crippen molar-refractivity contribution >= 4 is 17.2 Å². The molecule has 0 saturated carbocycles. The summed E-state index contributed by atoms with van der Waals surface area (Å²) < 4.78 is 16.8. The average molecular weight is 331 g/mol. The molecule has 4 nitrogen and oxygen atoms in total. The third-order valence-corrected chi connectivity index (χ3v) is 3.60. The zero-order valence-electron chi connectivity index (χ0n) is 13.6. The highest BCUT2D eigenvalue weighted by atomic mass is 32.1. The van der Waals surface area contributed by atoms with Gasteiger partial charge < -0.3 is 19.9 Å². The Balaban J connectivity index is 2.00. The lowest BCUT2D eigenvalue weighted by molar-refractivity contribution is 0.210. The number of ether oxygens (including phenoxy) is 3. The van der Waals surface area contributed by atoms with Crippen LogP contribution in [0.4, 0.5) is 0 Å². The zero-order chi connectivity index (χ0) is 16.8. The quantitative estimate of drug-likeness (QED) is 0.622. The molecule has 2 aromatic carbocycles. The van der Waals surface area contributed by atoms with Gasteiger partial charge in [-0.2, -0.15) is 0 Å². The molecule has 0 aliphatic carbocycles. The number of benzene rings is 2. The van der Waals surface area contributed by atoms with Crippen LogP contribution in [0, 0.1) is 13.8 Å². The molecule has 2 N–H and O–H groups in total. The lowest BCUT2D eigenvalue weighted by Gasteiger charge is -2.15. The highest BCUT2D eigenvalue weighted by Crippen LogP contribution is 2.31. The molecule has 0 atom stereocenters. The highest BCUT2D eigenvalue weighted by Gasteiger charge is 2.12. The number of thiocarbonyl (C=S) groups is 1. The summed E-state index contributed by atoms with van der Waals surface area (Å²) in [7, 11) is 1.58. The van der Waals surface area contributed by atoms with E-state index in [1.54, 1.807) is 7.11 Å². The van der Waals surface area contributed by atoms with Gasteiger partial charge in [-0.05, 0) is 37.6 Å². The van der Waals surface area contributed by atoms with Crippen LogP contribution in [0.3, 0.4) is 0 Å². The van der Waals surface area contributed by atoms with Crippen LogP contribution in [0.2, 0.25) is 0 Å². The van der Waals surface area contributed by atoms with E-state index in [4.69, 9.17) is 32.2 Å². The molecule has 0 amide bonds. The van der Waals surface area contributed by atoms with Gasteiger partial charge in [0.25, 0.3) is 0 Å². The van der Waals surface area contributed by atoms with E-state index in [1.165, 1.54) is 5.56 Å². The maximum Gasteiger partial charge on any atom is 0.171 e. The van der Waals surface area contributed by atoms with E-state index in [0.29, 0.717) is 30.3 Å². The van der Waals surface area contributed by atoms with Crippen LogP contribution in [0.15, 0.2) is 36.4 Å². The summed E-state index contributed by atoms with van der Waals surface area (Å²) >= 11 is 5.05. The third kappa shape index (κ3) is 4.36. The van der Waals surface area contributed by atoms with E-state index < -0.39 is 0 Å². The van der Waals surface area contributed by atoms with E-state index in [2.05, 4.69) is 13.0 Å². The Morgan fingerprint density at radius 1 is 1.04 bits per heavy atom.